The van der Waals surface area contributed by atoms with Crippen molar-refractivity contribution in [2.45, 2.75) is 71.8 Å². The predicted molar refractivity (Wildman–Crippen MR) is 85.4 cm³/mol. The van der Waals surface area contributed by atoms with Gasteiger partial charge in [0.05, 0.1) is 0 Å². The second-order valence-electron chi connectivity index (χ2n) is 6.03. The van der Waals surface area contributed by atoms with Gasteiger partial charge in [-0.25, -0.2) is 0 Å². The predicted octanol–water partition coefficient (Wildman–Crippen LogP) is 2.08. The number of aliphatic carboxylic acids is 1. The third-order valence-electron chi connectivity index (χ3n) is 3.28. The van der Waals surface area contributed by atoms with E-state index in [2.05, 4.69) is 17.6 Å². The molecule has 0 aliphatic carbocycles. The fraction of sp³-hybridized carbons (Fsp3) is 0.812. The number of rotatable bonds is 12. The maximum Gasteiger partial charge on any atom is 0.322 e. The van der Waals surface area contributed by atoms with Crippen LogP contribution in [0, 0.1) is 5.92 Å². The number of carboxylic acids is 1. The number of hydrogen-bond donors (Lipinski definition) is 3. The van der Waals surface area contributed by atoms with Gasteiger partial charge in [0, 0.05) is 6.42 Å². The third kappa shape index (κ3) is 11.1. The van der Waals surface area contributed by atoms with Crippen LogP contribution >= 0.6 is 0 Å². The number of amides is 2. The van der Waals surface area contributed by atoms with Crippen molar-refractivity contribution in [2.75, 3.05) is 6.54 Å². The van der Waals surface area contributed by atoms with Crippen molar-refractivity contribution in [3.05, 3.63) is 0 Å². The van der Waals surface area contributed by atoms with Gasteiger partial charge in [0.2, 0.25) is 11.8 Å². The monoisotopic (exact) mass is 314 g/mol. The van der Waals surface area contributed by atoms with Crippen LogP contribution in [0.5, 0.6) is 0 Å². The van der Waals surface area contributed by atoms with Crippen LogP contribution in [-0.4, -0.2) is 35.5 Å². The van der Waals surface area contributed by atoms with Crippen LogP contribution in [0.2, 0.25) is 0 Å². The Bertz CT molecular complexity index is 356. The molecule has 22 heavy (non-hydrogen) atoms. The van der Waals surface area contributed by atoms with Gasteiger partial charge in [-0.1, -0.05) is 46.5 Å². The molecule has 0 fully saturated rings. The number of unbranched alkanes of at least 4 members (excludes halogenated alkanes) is 4. The molecule has 2 amide bonds. The molecule has 0 aromatic heterocycles. The maximum absolute atomic E-state index is 11.9. The van der Waals surface area contributed by atoms with E-state index in [1.54, 1.807) is 0 Å². The van der Waals surface area contributed by atoms with Gasteiger partial charge in [0.25, 0.3) is 0 Å². The maximum atomic E-state index is 11.9. The van der Waals surface area contributed by atoms with Crippen LogP contribution in [0.25, 0.3) is 0 Å². The molecule has 0 saturated heterocycles. The van der Waals surface area contributed by atoms with Crippen LogP contribution in [-0.2, 0) is 14.4 Å². The minimum Gasteiger partial charge on any atom is -0.480 e. The topological polar surface area (TPSA) is 95.5 Å². The first-order valence-electron chi connectivity index (χ1n) is 8.15. The highest BCUT2D eigenvalue weighted by atomic mass is 16.4. The molecule has 0 aliphatic heterocycles. The summed E-state index contributed by atoms with van der Waals surface area (Å²) in [5.74, 6) is -1.45. The Morgan fingerprint density at radius 3 is 2.23 bits per heavy atom. The first kappa shape index (κ1) is 20.4. The van der Waals surface area contributed by atoms with E-state index in [4.69, 9.17) is 5.11 Å². The first-order valence-corrected chi connectivity index (χ1v) is 8.15. The second kappa shape index (κ2) is 12.0. The summed E-state index contributed by atoms with van der Waals surface area (Å²) < 4.78 is 0. The molecule has 0 unspecified atom stereocenters. The number of carbonyl (C=O) groups excluding carboxylic acids is 2. The Labute approximate surface area is 133 Å². The Morgan fingerprint density at radius 1 is 1.05 bits per heavy atom. The summed E-state index contributed by atoms with van der Waals surface area (Å²) in [6.07, 6.45) is 6.19. The second-order valence-corrected chi connectivity index (χ2v) is 6.03. The Kier molecular flexibility index (Phi) is 11.1. The lowest BCUT2D eigenvalue weighted by atomic mass is 10.0. The largest absolute Gasteiger partial charge is 0.480 e. The van der Waals surface area contributed by atoms with Crippen LogP contribution in [0.15, 0.2) is 0 Å². The SMILES string of the molecule is CCCCCCCC(=O)N[C@@H](CC(C)C)C(=O)NCC(=O)O. The van der Waals surface area contributed by atoms with Crippen LogP contribution in [0.1, 0.15) is 65.7 Å². The van der Waals surface area contributed by atoms with Gasteiger partial charge in [-0.2, -0.15) is 0 Å². The molecule has 0 aliphatic rings. The summed E-state index contributed by atoms with van der Waals surface area (Å²) in [6.45, 7) is 5.61. The smallest absolute Gasteiger partial charge is 0.322 e. The lowest BCUT2D eigenvalue weighted by Crippen LogP contribution is -2.48. The van der Waals surface area contributed by atoms with Crippen molar-refractivity contribution in [3.8, 4) is 0 Å². The summed E-state index contributed by atoms with van der Waals surface area (Å²) in [5, 5.41) is 13.6. The van der Waals surface area contributed by atoms with E-state index in [9.17, 15) is 14.4 Å². The van der Waals surface area contributed by atoms with Gasteiger partial charge < -0.3 is 15.7 Å². The van der Waals surface area contributed by atoms with Crippen molar-refractivity contribution in [1.29, 1.82) is 0 Å². The van der Waals surface area contributed by atoms with E-state index < -0.39 is 24.5 Å². The fourth-order valence-corrected chi connectivity index (χ4v) is 2.14. The van der Waals surface area contributed by atoms with E-state index >= 15 is 0 Å². The summed E-state index contributed by atoms with van der Waals surface area (Å²) in [6, 6.07) is -0.664. The Hall–Kier alpha value is -1.59. The standard InChI is InChI=1S/C16H30N2O4/c1-4-5-6-7-8-9-14(19)18-13(10-12(2)3)16(22)17-11-15(20)21/h12-13H,4-11H2,1-3H3,(H,17,22)(H,18,19)(H,20,21)/t13-/m0/s1. The molecule has 0 spiro atoms. The average molecular weight is 314 g/mol. The number of hydrogen-bond acceptors (Lipinski definition) is 3. The van der Waals surface area contributed by atoms with E-state index in [1.165, 1.54) is 6.42 Å². The van der Waals surface area contributed by atoms with Crippen LogP contribution in [0.3, 0.4) is 0 Å². The zero-order valence-electron chi connectivity index (χ0n) is 14.0. The van der Waals surface area contributed by atoms with Gasteiger partial charge in [-0.05, 0) is 18.8 Å². The lowest BCUT2D eigenvalue weighted by molar-refractivity contribution is -0.138. The average Bonchev–Trinajstić information content (AvgIpc) is 2.43. The molecule has 6 heteroatoms. The van der Waals surface area contributed by atoms with Crippen molar-refractivity contribution < 1.29 is 19.5 Å². The molecular weight excluding hydrogens is 284 g/mol. The molecule has 0 rings (SSSR count). The summed E-state index contributed by atoms with van der Waals surface area (Å²) in [5.41, 5.74) is 0. The Morgan fingerprint density at radius 2 is 1.68 bits per heavy atom. The fourth-order valence-electron chi connectivity index (χ4n) is 2.14. The highest BCUT2D eigenvalue weighted by Gasteiger charge is 2.21. The van der Waals surface area contributed by atoms with Gasteiger partial charge in [-0.15, -0.1) is 0 Å². The normalized spacial score (nSPS) is 12.0. The van der Waals surface area contributed by atoms with Gasteiger partial charge in [-0.3, -0.25) is 14.4 Å². The summed E-state index contributed by atoms with van der Waals surface area (Å²) >= 11 is 0. The molecule has 0 radical (unpaired) electrons. The number of nitrogens with one attached hydrogen (secondary N) is 2. The quantitative estimate of drug-likeness (QED) is 0.481. The van der Waals surface area contributed by atoms with Crippen molar-refractivity contribution in [2.24, 2.45) is 5.92 Å². The summed E-state index contributed by atoms with van der Waals surface area (Å²) in [7, 11) is 0. The molecule has 0 aromatic carbocycles. The molecule has 0 bridgehead atoms. The first-order chi connectivity index (χ1) is 10.4. The number of carboxylic acid groups (broad SMARTS) is 1. The molecule has 128 valence electrons. The van der Waals surface area contributed by atoms with Crippen LogP contribution in [0.4, 0.5) is 0 Å². The Balaban J connectivity index is 4.24. The minimum absolute atomic E-state index is 0.146. The molecule has 0 saturated carbocycles. The molecule has 0 heterocycles. The van der Waals surface area contributed by atoms with E-state index in [1.807, 2.05) is 13.8 Å². The van der Waals surface area contributed by atoms with Crippen molar-refractivity contribution >= 4 is 17.8 Å². The zero-order chi connectivity index (χ0) is 17.0. The van der Waals surface area contributed by atoms with Gasteiger partial charge >= 0.3 is 5.97 Å². The van der Waals surface area contributed by atoms with Crippen LogP contribution < -0.4 is 10.6 Å². The van der Waals surface area contributed by atoms with Gasteiger partial charge in [0.1, 0.15) is 12.6 Å². The minimum atomic E-state index is -1.10. The van der Waals surface area contributed by atoms with E-state index in [0.717, 1.165) is 25.7 Å². The lowest BCUT2D eigenvalue weighted by Gasteiger charge is -2.19. The molecular formula is C16H30N2O4. The van der Waals surface area contributed by atoms with E-state index in [0.29, 0.717) is 12.8 Å². The number of carbonyl (C=O) groups is 3. The highest BCUT2D eigenvalue weighted by Crippen LogP contribution is 2.08. The summed E-state index contributed by atoms with van der Waals surface area (Å²) in [4.78, 5) is 34.3. The third-order valence-corrected chi connectivity index (χ3v) is 3.28. The van der Waals surface area contributed by atoms with Crippen molar-refractivity contribution in [1.82, 2.24) is 10.6 Å². The highest BCUT2D eigenvalue weighted by molar-refractivity contribution is 5.89. The molecule has 3 N–H and O–H groups in total. The van der Waals surface area contributed by atoms with E-state index in [-0.39, 0.29) is 11.8 Å². The van der Waals surface area contributed by atoms with Gasteiger partial charge in [0.15, 0.2) is 0 Å². The molecule has 0 aromatic rings. The van der Waals surface area contributed by atoms with Crippen molar-refractivity contribution in [3.63, 3.8) is 0 Å². The zero-order valence-corrected chi connectivity index (χ0v) is 14.0. The molecule has 6 nitrogen and oxygen atoms in total. The molecule has 1 atom stereocenters.